The van der Waals surface area contributed by atoms with Crippen molar-refractivity contribution in [1.29, 1.82) is 0 Å². The number of ether oxygens (including phenoxy) is 1. The summed E-state index contributed by atoms with van der Waals surface area (Å²) in [6, 6.07) is 0. The molecule has 7 nitrogen and oxygen atoms in total. The van der Waals surface area contributed by atoms with Crippen LogP contribution >= 0.6 is 11.3 Å². The van der Waals surface area contributed by atoms with E-state index in [0.717, 1.165) is 0 Å². The normalized spacial score (nSPS) is 17.6. The number of thiazole rings is 1. The molecule has 1 aliphatic heterocycles. The second kappa shape index (κ2) is 5.32. The summed E-state index contributed by atoms with van der Waals surface area (Å²) in [5.74, 6) is 0.614. The minimum absolute atomic E-state index is 0.204. The molecule has 0 aliphatic carbocycles. The van der Waals surface area contributed by atoms with Crippen LogP contribution in [0.25, 0.3) is 10.3 Å². The van der Waals surface area contributed by atoms with Gasteiger partial charge in [0.15, 0.2) is 10.3 Å². The van der Waals surface area contributed by atoms with Gasteiger partial charge in [-0.3, -0.25) is 9.36 Å². The molecule has 3 rings (SSSR count). The van der Waals surface area contributed by atoms with Gasteiger partial charge in [0, 0.05) is 31.3 Å². The van der Waals surface area contributed by atoms with Crippen LogP contribution in [-0.4, -0.2) is 51.6 Å². The van der Waals surface area contributed by atoms with Crippen molar-refractivity contribution < 1.29 is 9.29 Å². The molecular weight excluding hydrogens is 300 g/mol. The monoisotopic (exact) mass is 314 g/mol. The Morgan fingerprint density at radius 1 is 1.35 bits per heavy atom. The molecule has 0 radical (unpaired) electrons. The number of anilines is 1. The maximum absolute atomic E-state index is 12.3. The summed E-state index contributed by atoms with van der Waals surface area (Å²) in [6.07, 6.45) is 1.55. The van der Waals surface area contributed by atoms with E-state index in [1.165, 1.54) is 15.9 Å². The lowest BCUT2D eigenvalue weighted by Gasteiger charge is -2.28. The molecule has 0 amide bonds. The van der Waals surface area contributed by atoms with Crippen molar-refractivity contribution in [2.24, 2.45) is 7.05 Å². The molecule has 2 aromatic heterocycles. The van der Waals surface area contributed by atoms with Gasteiger partial charge in [-0.05, 0) is 11.3 Å². The highest BCUT2D eigenvalue weighted by atomic mass is 32.2. The van der Waals surface area contributed by atoms with E-state index >= 15 is 0 Å². The molecule has 1 fully saturated rings. The van der Waals surface area contributed by atoms with Crippen LogP contribution in [0.5, 0.6) is 0 Å². The molecule has 0 N–H and O–H groups in total. The minimum Gasteiger partial charge on any atom is -0.610 e. The van der Waals surface area contributed by atoms with Crippen LogP contribution in [0.2, 0.25) is 0 Å². The number of fused-ring (bicyclic) bond motifs is 1. The summed E-state index contributed by atoms with van der Waals surface area (Å²) < 4.78 is 18.7. The highest BCUT2D eigenvalue weighted by molar-refractivity contribution is 7.92. The van der Waals surface area contributed by atoms with Crippen LogP contribution in [0.3, 0.4) is 0 Å². The summed E-state index contributed by atoms with van der Waals surface area (Å²) in [5.41, 5.74) is 0.0872. The predicted octanol–water partition coefficient (Wildman–Crippen LogP) is -0.0360. The Kier molecular flexibility index (Phi) is 3.67. The van der Waals surface area contributed by atoms with Crippen molar-refractivity contribution in [3.63, 3.8) is 0 Å². The molecule has 1 unspecified atom stereocenters. The van der Waals surface area contributed by atoms with Gasteiger partial charge in [0.1, 0.15) is 6.26 Å². The fourth-order valence-electron chi connectivity index (χ4n) is 2.09. The van der Waals surface area contributed by atoms with E-state index in [0.29, 0.717) is 46.9 Å². The number of morpholine rings is 1. The third-order valence-electron chi connectivity index (χ3n) is 3.14. The second-order valence-electron chi connectivity index (χ2n) is 4.46. The molecule has 1 atom stereocenters. The average molecular weight is 314 g/mol. The Bertz CT molecular complexity index is 691. The summed E-state index contributed by atoms with van der Waals surface area (Å²) in [5, 5.41) is 0. The third-order valence-corrected chi connectivity index (χ3v) is 5.42. The van der Waals surface area contributed by atoms with Gasteiger partial charge in [-0.1, -0.05) is 0 Å². The predicted molar refractivity (Wildman–Crippen MR) is 78.0 cm³/mol. The number of hydrogen-bond donors (Lipinski definition) is 0. The van der Waals surface area contributed by atoms with Gasteiger partial charge in [0.05, 0.1) is 13.2 Å². The quantitative estimate of drug-likeness (QED) is 0.724. The zero-order chi connectivity index (χ0) is 14.3. The highest BCUT2D eigenvalue weighted by Gasteiger charge is 2.21. The van der Waals surface area contributed by atoms with Crippen molar-refractivity contribution in [3.05, 3.63) is 10.4 Å². The van der Waals surface area contributed by atoms with Crippen LogP contribution in [0, 0.1) is 0 Å². The van der Waals surface area contributed by atoms with Gasteiger partial charge in [-0.2, -0.15) is 4.98 Å². The molecule has 2 aromatic rings. The number of hydrogen-bond acceptors (Lipinski definition) is 7. The van der Waals surface area contributed by atoms with Crippen molar-refractivity contribution in [1.82, 2.24) is 14.5 Å². The second-order valence-corrected chi connectivity index (χ2v) is 6.99. The largest absolute Gasteiger partial charge is 0.610 e. The molecule has 20 heavy (non-hydrogen) atoms. The van der Waals surface area contributed by atoms with E-state index in [1.807, 2.05) is 4.90 Å². The van der Waals surface area contributed by atoms with Gasteiger partial charge in [0.2, 0.25) is 5.95 Å². The SMILES string of the molecule is Cn1c(N2CCOCC2)nc2sc([S+](C)[O-])nc2c1=O. The summed E-state index contributed by atoms with van der Waals surface area (Å²) in [7, 11) is 1.68. The van der Waals surface area contributed by atoms with Crippen LogP contribution < -0.4 is 10.5 Å². The van der Waals surface area contributed by atoms with E-state index in [-0.39, 0.29) is 5.56 Å². The summed E-state index contributed by atoms with van der Waals surface area (Å²) in [4.78, 5) is 23.6. The van der Waals surface area contributed by atoms with Crippen molar-refractivity contribution in [2.45, 2.75) is 4.34 Å². The van der Waals surface area contributed by atoms with Crippen LogP contribution in [0.1, 0.15) is 0 Å². The minimum atomic E-state index is -1.20. The first-order chi connectivity index (χ1) is 9.58. The average Bonchev–Trinajstić information content (AvgIpc) is 2.88. The number of rotatable bonds is 2. The lowest BCUT2D eigenvalue weighted by molar-refractivity contribution is 0.121. The van der Waals surface area contributed by atoms with E-state index in [2.05, 4.69) is 9.97 Å². The molecule has 108 valence electrons. The fraction of sp³-hybridized carbons (Fsp3) is 0.545. The van der Waals surface area contributed by atoms with Gasteiger partial charge >= 0.3 is 4.34 Å². The molecule has 1 saturated heterocycles. The molecular formula is C11H14N4O3S2. The first-order valence-corrected chi connectivity index (χ1v) is 8.49. The first-order valence-electron chi connectivity index (χ1n) is 6.11. The van der Waals surface area contributed by atoms with Crippen molar-refractivity contribution >= 4 is 38.8 Å². The van der Waals surface area contributed by atoms with Gasteiger partial charge in [-0.25, -0.2) is 4.98 Å². The Morgan fingerprint density at radius 3 is 2.70 bits per heavy atom. The molecule has 3 heterocycles. The fourth-order valence-corrected chi connectivity index (χ4v) is 3.68. The third kappa shape index (κ3) is 2.30. The molecule has 0 spiro atoms. The highest BCUT2D eigenvalue weighted by Crippen LogP contribution is 2.23. The number of aromatic nitrogens is 3. The maximum Gasteiger partial charge on any atom is 0.304 e. The lowest BCUT2D eigenvalue weighted by atomic mass is 10.4. The topological polar surface area (TPSA) is 83.3 Å². The van der Waals surface area contributed by atoms with Gasteiger partial charge in [-0.15, -0.1) is 0 Å². The zero-order valence-corrected chi connectivity index (χ0v) is 12.8. The zero-order valence-electron chi connectivity index (χ0n) is 11.2. The Morgan fingerprint density at radius 2 is 2.05 bits per heavy atom. The van der Waals surface area contributed by atoms with Crippen LogP contribution in [-0.2, 0) is 23.0 Å². The molecule has 9 heteroatoms. The van der Waals surface area contributed by atoms with Gasteiger partial charge in [0.25, 0.3) is 5.56 Å². The van der Waals surface area contributed by atoms with Crippen LogP contribution in [0.4, 0.5) is 5.95 Å². The number of nitrogens with zero attached hydrogens (tertiary/aromatic N) is 4. The Balaban J connectivity index is 2.13. The molecule has 0 bridgehead atoms. The van der Waals surface area contributed by atoms with E-state index in [9.17, 15) is 9.35 Å². The lowest BCUT2D eigenvalue weighted by Crippen LogP contribution is -2.40. The van der Waals surface area contributed by atoms with E-state index in [4.69, 9.17) is 4.74 Å². The van der Waals surface area contributed by atoms with E-state index in [1.54, 1.807) is 13.3 Å². The van der Waals surface area contributed by atoms with Crippen molar-refractivity contribution in [2.75, 3.05) is 37.5 Å². The van der Waals surface area contributed by atoms with Crippen LogP contribution in [0.15, 0.2) is 9.13 Å². The van der Waals surface area contributed by atoms with Crippen molar-refractivity contribution in [3.8, 4) is 0 Å². The van der Waals surface area contributed by atoms with E-state index < -0.39 is 11.2 Å². The smallest absolute Gasteiger partial charge is 0.304 e. The maximum atomic E-state index is 12.3. The Labute approximate surface area is 122 Å². The Hall–Kier alpha value is -1.16. The summed E-state index contributed by atoms with van der Waals surface area (Å²) >= 11 is 0.0106. The molecule has 1 aliphatic rings. The standard InChI is InChI=1S/C11H14N4O3S2/c1-14-9(16)7-8(19-11(12-7)20(2)17)13-10(14)15-3-5-18-6-4-15/h3-6H2,1-2H3. The first kappa shape index (κ1) is 13.8. The van der Waals surface area contributed by atoms with Gasteiger partial charge < -0.3 is 14.2 Å². The molecule has 0 aromatic carbocycles. The summed E-state index contributed by atoms with van der Waals surface area (Å²) in [6.45, 7) is 2.66. The molecule has 0 saturated carbocycles.